The molecule has 2 aliphatic rings. The highest BCUT2D eigenvalue weighted by Gasteiger charge is 2.27. The summed E-state index contributed by atoms with van der Waals surface area (Å²) >= 11 is 0. The summed E-state index contributed by atoms with van der Waals surface area (Å²) in [6.45, 7) is 4.48. The highest BCUT2D eigenvalue weighted by molar-refractivity contribution is 6.07. The number of carbonyl (C=O) groups excluding carboxylic acids is 2. The standard InChI is InChI=1S/C22H25N3O5/c1-28-19-5-3-2-4-17(19)22(27)23-16-6-7-20-18(14-16)25(21(26)15-30-20)9-8-24-10-12-29-13-11-24/h2-7,14H,8-13,15H2,1H3,(H,23,27). The Morgan fingerprint density at radius 3 is 2.73 bits per heavy atom. The number of amides is 2. The number of carbonyl (C=O) groups is 2. The lowest BCUT2D eigenvalue weighted by Gasteiger charge is -2.33. The van der Waals surface area contributed by atoms with Crippen LogP contribution in [0.1, 0.15) is 10.4 Å². The Bertz CT molecular complexity index is 927. The van der Waals surface area contributed by atoms with Crippen LogP contribution >= 0.6 is 0 Å². The lowest BCUT2D eigenvalue weighted by Crippen LogP contribution is -2.45. The quantitative estimate of drug-likeness (QED) is 0.783. The van der Waals surface area contributed by atoms with E-state index in [1.165, 1.54) is 7.11 Å². The van der Waals surface area contributed by atoms with E-state index in [0.717, 1.165) is 19.6 Å². The maximum Gasteiger partial charge on any atom is 0.265 e. The van der Waals surface area contributed by atoms with Gasteiger partial charge < -0.3 is 24.4 Å². The number of nitrogens with one attached hydrogen (secondary N) is 1. The highest BCUT2D eigenvalue weighted by atomic mass is 16.5. The Balaban J connectivity index is 1.51. The van der Waals surface area contributed by atoms with Crippen molar-refractivity contribution in [1.82, 2.24) is 4.90 Å². The third-order valence-electron chi connectivity index (χ3n) is 5.25. The van der Waals surface area contributed by atoms with Gasteiger partial charge in [0.15, 0.2) is 6.61 Å². The van der Waals surface area contributed by atoms with Crippen LogP contribution in [0.5, 0.6) is 11.5 Å². The zero-order valence-corrected chi connectivity index (χ0v) is 16.9. The van der Waals surface area contributed by atoms with Crippen molar-refractivity contribution in [3.8, 4) is 11.5 Å². The Morgan fingerprint density at radius 1 is 1.13 bits per heavy atom. The number of benzene rings is 2. The van der Waals surface area contributed by atoms with Crippen LogP contribution in [0.15, 0.2) is 42.5 Å². The van der Waals surface area contributed by atoms with Crippen LogP contribution in [0.4, 0.5) is 11.4 Å². The molecule has 0 atom stereocenters. The summed E-state index contributed by atoms with van der Waals surface area (Å²) in [7, 11) is 1.53. The molecule has 2 amide bonds. The molecule has 0 saturated carbocycles. The van der Waals surface area contributed by atoms with Gasteiger partial charge in [0, 0.05) is 31.9 Å². The average Bonchev–Trinajstić information content (AvgIpc) is 2.79. The molecule has 0 radical (unpaired) electrons. The molecule has 1 fully saturated rings. The number of rotatable bonds is 6. The van der Waals surface area contributed by atoms with Gasteiger partial charge in [0.2, 0.25) is 0 Å². The van der Waals surface area contributed by atoms with E-state index in [4.69, 9.17) is 14.2 Å². The first-order chi connectivity index (χ1) is 14.7. The minimum absolute atomic E-state index is 0.0169. The first kappa shape index (κ1) is 20.2. The fourth-order valence-electron chi connectivity index (χ4n) is 3.62. The molecule has 0 spiro atoms. The molecule has 158 valence electrons. The summed E-state index contributed by atoms with van der Waals surface area (Å²) in [5.41, 5.74) is 1.69. The molecule has 2 aromatic carbocycles. The largest absolute Gasteiger partial charge is 0.496 e. The van der Waals surface area contributed by atoms with Crippen LogP contribution in [-0.2, 0) is 9.53 Å². The van der Waals surface area contributed by atoms with Gasteiger partial charge in [-0.2, -0.15) is 0 Å². The molecule has 2 aromatic rings. The van der Waals surface area contributed by atoms with Crippen LogP contribution in [0.3, 0.4) is 0 Å². The number of hydrogen-bond donors (Lipinski definition) is 1. The molecule has 4 rings (SSSR count). The zero-order valence-electron chi connectivity index (χ0n) is 16.9. The minimum Gasteiger partial charge on any atom is -0.496 e. The van der Waals surface area contributed by atoms with Crippen molar-refractivity contribution in [2.75, 3.05) is 63.3 Å². The number of hydrogen-bond acceptors (Lipinski definition) is 6. The minimum atomic E-state index is -0.282. The fraction of sp³-hybridized carbons (Fsp3) is 0.364. The van der Waals surface area contributed by atoms with E-state index in [1.54, 1.807) is 41.3 Å². The second-order valence-corrected chi connectivity index (χ2v) is 7.12. The summed E-state index contributed by atoms with van der Waals surface area (Å²) in [6.07, 6.45) is 0. The molecule has 2 aliphatic heterocycles. The number of fused-ring (bicyclic) bond motifs is 1. The van der Waals surface area contributed by atoms with Gasteiger partial charge in [0.05, 0.1) is 31.6 Å². The van der Waals surface area contributed by atoms with Crippen LogP contribution in [0.2, 0.25) is 0 Å². The topological polar surface area (TPSA) is 80.3 Å². The number of ether oxygens (including phenoxy) is 3. The predicted octanol–water partition coefficient (Wildman–Crippen LogP) is 2.01. The first-order valence-corrected chi connectivity index (χ1v) is 9.97. The van der Waals surface area contributed by atoms with Gasteiger partial charge in [-0.25, -0.2) is 0 Å². The molecule has 2 heterocycles. The molecular weight excluding hydrogens is 386 g/mol. The maximum absolute atomic E-state index is 12.7. The summed E-state index contributed by atoms with van der Waals surface area (Å²) in [5.74, 6) is 0.754. The monoisotopic (exact) mass is 411 g/mol. The Morgan fingerprint density at radius 2 is 1.93 bits per heavy atom. The zero-order chi connectivity index (χ0) is 20.9. The lowest BCUT2D eigenvalue weighted by molar-refractivity contribution is -0.121. The number of methoxy groups -OCH3 is 1. The molecular formula is C22H25N3O5. The number of para-hydroxylation sites is 1. The van der Waals surface area contributed by atoms with E-state index < -0.39 is 0 Å². The van der Waals surface area contributed by atoms with Crippen molar-refractivity contribution in [1.29, 1.82) is 0 Å². The SMILES string of the molecule is COc1ccccc1C(=O)Nc1ccc2c(c1)N(CCN1CCOCC1)C(=O)CO2. The van der Waals surface area contributed by atoms with Crippen molar-refractivity contribution in [3.05, 3.63) is 48.0 Å². The summed E-state index contributed by atoms with van der Waals surface area (Å²) in [6, 6.07) is 12.4. The van der Waals surface area contributed by atoms with Gasteiger partial charge in [0.25, 0.3) is 11.8 Å². The Labute approximate surface area is 175 Å². The predicted molar refractivity (Wildman–Crippen MR) is 112 cm³/mol. The number of anilines is 2. The number of nitrogens with zero attached hydrogens (tertiary/aromatic N) is 2. The van der Waals surface area contributed by atoms with Gasteiger partial charge in [-0.05, 0) is 30.3 Å². The van der Waals surface area contributed by atoms with Gasteiger partial charge in [-0.3, -0.25) is 14.5 Å². The summed E-state index contributed by atoms with van der Waals surface area (Å²) in [4.78, 5) is 29.2. The third kappa shape index (κ3) is 4.39. The van der Waals surface area contributed by atoms with Crippen molar-refractivity contribution >= 4 is 23.2 Å². The molecule has 0 unspecified atom stereocenters. The molecule has 0 aromatic heterocycles. The van der Waals surface area contributed by atoms with Crippen LogP contribution in [-0.4, -0.2) is 69.8 Å². The summed E-state index contributed by atoms with van der Waals surface area (Å²) in [5, 5.41) is 2.88. The fourth-order valence-corrected chi connectivity index (χ4v) is 3.62. The van der Waals surface area contributed by atoms with E-state index in [2.05, 4.69) is 10.2 Å². The van der Waals surface area contributed by atoms with E-state index >= 15 is 0 Å². The van der Waals surface area contributed by atoms with Crippen molar-refractivity contribution in [2.45, 2.75) is 0 Å². The molecule has 0 bridgehead atoms. The smallest absolute Gasteiger partial charge is 0.265 e. The van der Waals surface area contributed by atoms with Crippen LogP contribution < -0.4 is 19.7 Å². The van der Waals surface area contributed by atoms with Crippen molar-refractivity contribution in [2.24, 2.45) is 0 Å². The van der Waals surface area contributed by atoms with E-state index in [0.29, 0.717) is 48.2 Å². The summed E-state index contributed by atoms with van der Waals surface area (Å²) < 4.78 is 16.2. The molecule has 1 saturated heterocycles. The second-order valence-electron chi connectivity index (χ2n) is 7.12. The average molecular weight is 411 g/mol. The third-order valence-corrected chi connectivity index (χ3v) is 5.25. The van der Waals surface area contributed by atoms with Crippen LogP contribution in [0, 0.1) is 0 Å². The van der Waals surface area contributed by atoms with Crippen molar-refractivity contribution in [3.63, 3.8) is 0 Å². The molecule has 8 nitrogen and oxygen atoms in total. The first-order valence-electron chi connectivity index (χ1n) is 9.97. The van der Waals surface area contributed by atoms with E-state index in [9.17, 15) is 9.59 Å². The van der Waals surface area contributed by atoms with Gasteiger partial charge >= 0.3 is 0 Å². The van der Waals surface area contributed by atoms with E-state index in [-0.39, 0.29) is 18.4 Å². The van der Waals surface area contributed by atoms with Gasteiger partial charge in [0.1, 0.15) is 11.5 Å². The maximum atomic E-state index is 12.7. The van der Waals surface area contributed by atoms with Crippen LogP contribution in [0.25, 0.3) is 0 Å². The van der Waals surface area contributed by atoms with Crippen molar-refractivity contribution < 1.29 is 23.8 Å². The van der Waals surface area contributed by atoms with Gasteiger partial charge in [-0.15, -0.1) is 0 Å². The molecule has 1 N–H and O–H groups in total. The molecule has 30 heavy (non-hydrogen) atoms. The molecule has 8 heteroatoms. The van der Waals surface area contributed by atoms with E-state index in [1.807, 2.05) is 6.07 Å². The second kappa shape index (κ2) is 9.15. The lowest BCUT2D eigenvalue weighted by atomic mass is 10.1. The molecule has 0 aliphatic carbocycles. The Kier molecular flexibility index (Phi) is 6.15. The number of morpholine rings is 1. The Hall–Kier alpha value is -3.10. The van der Waals surface area contributed by atoms with Gasteiger partial charge in [-0.1, -0.05) is 12.1 Å². The normalized spacial score (nSPS) is 16.6. The highest BCUT2D eigenvalue weighted by Crippen LogP contribution is 2.35.